The van der Waals surface area contributed by atoms with Gasteiger partial charge in [-0.3, -0.25) is 0 Å². The Morgan fingerprint density at radius 2 is 2.00 bits per heavy atom. The quantitative estimate of drug-likeness (QED) is 0.849. The predicted octanol–water partition coefficient (Wildman–Crippen LogP) is 2.23. The molecular weight excluding hydrogens is 271 g/mol. The second-order valence-electron chi connectivity index (χ2n) is 4.84. The minimum Gasteiger partial charge on any atom is -0.389 e. The van der Waals surface area contributed by atoms with E-state index in [2.05, 4.69) is 4.98 Å². The number of likely N-dealkylation sites (N-methyl/N-ethyl adjacent to an activating group) is 1. The zero-order chi connectivity index (χ0) is 15.1. The fourth-order valence-electron chi connectivity index (χ4n) is 2.00. The average Bonchev–Trinajstić information content (AvgIpc) is 2.48. The van der Waals surface area contributed by atoms with E-state index in [1.54, 1.807) is 11.9 Å². The van der Waals surface area contributed by atoms with Crippen LogP contribution in [0.3, 0.4) is 0 Å². The number of aliphatic hydroxyl groups is 1. The number of halogens is 1. The van der Waals surface area contributed by atoms with Gasteiger partial charge in [-0.2, -0.15) is 0 Å². The largest absolute Gasteiger partial charge is 0.389 e. The maximum Gasteiger partial charge on any atom is 0.165 e. The lowest BCUT2D eigenvalue weighted by Gasteiger charge is -2.22. The second kappa shape index (κ2) is 7.71. The van der Waals surface area contributed by atoms with E-state index in [-0.39, 0.29) is 19.0 Å². The van der Waals surface area contributed by atoms with Crippen LogP contribution in [0.5, 0.6) is 0 Å². The second-order valence-corrected chi connectivity index (χ2v) is 4.84. The Hall–Kier alpha value is -1.98. The summed E-state index contributed by atoms with van der Waals surface area (Å²) in [6.07, 6.45) is 0.813. The van der Waals surface area contributed by atoms with Crippen LogP contribution in [-0.2, 0) is 11.3 Å². The first-order chi connectivity index (χ1) is 10.2. The molecule has 5 heteroatoms. The van der Waals surface area contributed by atoms with E-state index in [4.69, 9.17) is 4.74 Å². The van der Waals surface area contributed by atoms with Crippen molar-refractivity contribution in [2.24, 2.45) is 0 Å². The number of anilines is 1. The van der Waals surface area contributed by atoms with Crippen molar-refractivity contribution in [1.29, 1.82) is 0 Å². The van der Waals surface area contributed by atoms with Gasteiger partial charge >= 0.3 is 0 Å². The Bertz CT molecular complexity index is 551. The van der Waals surface area contributed by atoms with Crippen LogP contribution in [-0.4, -0.2) is 36.4 Å². The molecule has 1 atom stereocenters. The molecule has 0 bridgehead atoms. The van der Waals surface area contributed by atoms with Crippen molar-refractivity contribution >= 4 is 5.82 Å². The van der Waals surface area contributed by atoms with Crippen LogP contribution in [0.1, 0.15) is 5.56 Å². The molecule has 2 rings (SSSR count). The minimum atomic E-state index is -0.708. The first kappa shape index (κ1) is 15.4. The number of ether oxygens (including phenoxy) is 1. The SMILES string of the molecule is CN(C[C@H](O)COCc1ccccc1)c1ncccc1F. The topological polar surface area (TPSA) is 45.6 Å². The van der Waals surface area contributed by atoms with Crippen LogP contribution in [0.25, 0.3) is 0 Å². The smallest absolute Gasteiger partial charge is 0.165 e. The van der Waals surface area contributed by atoms with Crippen molar-refractivity contribution in [3.8, 4) is 0 Å². The van der Waals surface area contributed by atoms with Crippen molar-refractivity contribution in [3.63, 3.8) is 0 Å². The molecule has 1 N–H and O–H groups in total. The summed E-state index contributed by atoms with van der Waals surface area (Å²) in [5.74, 6) is -0.183. The van der Waals surface area contributed by atoms with Crippen LogP contribution in [0, 0.1) is 5.82 Å². The van der Waals surface area contributed by atoms with Gasteiger partial charge in [0.25, 0.3) is 0 Å². The highest BCUT2D eigenvalue weighted by atomic mass is 19.1. The molecule has 1 heterocycles. The van der Waals surface area contributed by atoms with E-state index in [9.17, 15) is 9.50 Å². The lowest BCUT2D eigenvalue weighted by Crippen LogP contribution is -2.33. The third-order valence-corrected chi connectivity index (χ3v) is 3.01. The number of pyridine rings is 1. The van der Waals surface area contributed by atoms with Crippen LogP contribution in [0.2, 0.25) is 0 Å². The van der Waals surface area contributed by atoms with Gasteiger partial charge in [-0.1, -0.05) is 30.3 Å². The number of aromatic nitrogens is 1. The number of hydrogen-bond acceptors (Lipinski definition) is 4. The number of benzene rings is 1. The molecule has 21 heavy (non-hydrogen) atoms. The highest BCUT2D eigenvalue weighted by Crippen LogP contribution is 2.13. The molecule has 0 aliphatic carbocycles. The third kappa shape index (κ3) is 4.81. The Kier molecular flexibility index (Phi) is 5.66. The van der Waals surface area contributed by atoms with E-state index in [0.717, 1.165) is 5.56 Å². The maximum atomic E-state index is 13.5. The number of hydrogen-bond donors (Lipinski definition) is 1. The summed E-state index contributed by atoms with van der Waals surface area (Å²) >= 11 is 0. The normalized spacial score (nSPS) is 12.1. The standard InChI is InChI=1S/C16H19FN2O2/c1-19(16-15(17)8-5-9-18-16)10-14(20)12-21-11-13-6-3-2-4-7-13/h2-9,14,20H,10-12H2,1H3/t14-/m0/s1. The molecule has 0 saturated carbocycles. The summed E-state index contributed by atoms with van der Waals surface area (Å²) < 4.78 is 19.0. The molecule has 0 aliphatic heterocycles. The Morgan fingerprint density at radius 3 is 2.71 bits per heavy atom. The summed E-state index contributed by atoms with van der Waals surface area (Å²) in [4.78, 5) is 5.53. The van der Waals surface area contributed by atoms with Crippen LogP contribution in [0.4, 0.5) is 10.2 Å². The van der Waals surface area contributed by atoms with Crippen LogP contribution >= 0.6 is 0 Å². The number of rotatable bonds is 7. The van der Waals surface area contributed by atoms with Crippen LogP contribution < -0.4 is 4.90 Å². The molecule has 0 saturated heterocycles. The minimum absolute atomic E-state index is 0.188. The van der Waals surface area contributed by atoms with Gasteiger partial charge in [-0.05, 0) is 17.7 Å². The Morgan fingerprint density at radius 1 is 1.24 bits per heavy atom. The van der Waals surface area contributed by atoms with Crippen molar-refractivity contribution < 1.29 is 14.2 Å². The monoisotopic (exact) mass is 290 g/mol. The van der Waals surface area contributed by atoms with Crippen LogP contribution in [0.15, 0.2) is 48.7 Å². The van der Waals surface area contributed by atoms with Gasteiger partial charge < -0.3 is 14.7 Å². The predicted molar refractivity (Wildman–Crippen MR) is 79.6 cm³/mol. The molecular formula is C16H19FN2O2. The first-order valence-electron chi connectivity index (χ1n) is 6.78. The van der Waals surface area contributed by atoms with Crippen molar-refractivity contribution in [2.45, 2.75) is 12.7 Å². The summed E-state index contributed by atoms with van der Waals surface area (Å²) in [7, 11) is 1.69. The molecule has 0 radical (unpaired) electrons. The zero-order valence-electron chi connectivity index (χ0n) is 11.9. The van der Waals surface area contributed by atoms with E-state index in [0.29, 0.717) is 6.61 Å². The van der Waals surface area contributed by atoms with E-state index in [1.165, 1.54) is 18.3 Å². The lowest BCUT2D eigenvalue weighted by molar-refractivity contribution is 0.0323. The Labute approximate surface area is 123 Å². The highest BCUT2D eigenvalue weighted by Gasteiger charge is 2.13. The third-order valence-electron chi connectivity index (χ3n) is 3.01. The molecule has 1 aromatic heterocycles. The molecule has 1 aromatic carbocycles. The van der Waals surface area contributed by atoms with Crippen molar-refractivity contribution in [3.05, 3.63) is 60.0 Å². The maximum absolute atomic E-state index is 13.5. The van der Waals surface area contributed by atoms with Crippen molar-refractivity contribution in [1.82, 2.24) is 4.98 Å². The van der Waals surface area contributed by atoms with Gasteiger partial charge in [0.1, 0.15) is 0 Å². The Balaban J connectivity index is 1.77. The van der Waals surface area contributed by atoms with Gasteiger partial charge in [-0.25, -0.2) is 9.37 Å². The fourth-order valence-corrected chi connectivity index (χ4v) is 2.00. The van der Waals surface area contributed by atoms with Gasteiger partial charge in [0.05, 0.1) is 19.3 Å². The molecule has 0 amide bonds. The summed E-state index contributed by atoms with van der Waals surface area (Å²) in [5, 5.41) is 9.93. The highest BCUT2D eigenvalue weighted by molar-refractivity contribution is 5.38. The summed E-state index contributed by atoms with van der Waals surface area (Å²) in [5.41, 5.74) is 1.05. The molecule has 0 aliphatic rings. The van der Waals surface area contributed by atoms with Gasteiger partial charge in [0.15, 0.2) is 11.6 Å². The van der Waals surface area contributed by atoms with Gasteiger partial charge in [-0.15, -0.1) is 0 Å². The first-order valence-corrected chi connectivity index (χ1v) is 6.78. The van der Waals surface area contributed by atoms with Gasteiger partial charge in [0.2, 0.25) is 0 Å². The van der Waals surface area contributed by atoms with E-state index < -0.39 is 11.9 Å². The van der Waals surface area contributed by atoms with E-state index in [1.807, 2.05) is 30.3 Å². The van der Waals surface area contributed by atoms with E-state index >= 15 is 0 Å². The molecule has 2 aromatic rings. The fraction of sp³-hybridized carbons (Fsp3) is 0.312. The summed E-state index contributed by atoms with van der Waals surface area (Å²) in [6.45, 7) is 0.885. The average molecular weight is 290 g/mol. The lowest BCUT2D eigenvalue weighted by atomic mass is 10.2. The summed E-state index contributed by atoms with van der Waals surface area (Å²) in [6, 6.07) is 12.6. The zero-order valence-corrected chi connectivity index (χ0v) is 11.9. The molecule has 0 spiro atoms. The van der Waals surface area contributed by atoms with Gasteiger partial charge in [0, 0.05) is 19.8 Å². The molecule has 4 nitrogen and oxygen atoms in total. The number of nitrogens with zero attached hydrogens (tertiary/aromatic N) is 2. The molecule has 0 fully saturated rings. The van der Waals surface area contributed by atoms with Crippen molar-refractivity contribution in [2.75, 3.05) is 25.1 Å². The molecule has 112 valence electrons. The number of aliphatic hydroxyl groups excluding tert-OH is 1. The molecule has 0 unspecified atom stereocenters.